The van der Waals surface area contributed by atoms with E-state index in [1.165, 1.54) is 7.11 Å². The standard InChI is InChI=1S/C26H31ClN2O5/c1-18(19-6-8-20(9-7-19)24(30)32-2)28-25(31)26(11-14-33-15-12-26)29-13-10-23(17-29)34-22-5-3-4-21(27)16-22/h3-9,16,18,23H,10-15,17H2,1-2H3,(H,28,31)/t18-,23+/m0/s1. The quantitative estimate of drug-likeness (QED) is 0.596. The zero-order valence-electron chi connectivity index (χ0n) is 19.6. The van der Waals surface area contributed by atoms with Gasteiger partial charge in [-0.2, -0.15) is 0 Å². The van der Waals surface area contributed by atoms with Crippen LogP contribution in [0.2, 0.25) is 5.02 Å². The normalized spacial score (nSPS) is 21.0. The first-order chi connectivity index (χ1) is 16.4. The predicted molar refractivity (Wildman–Crippen MR) is 129 cm³/mol. The van der Waals surface area contributed by atoms with Crippen molar-refractivity contribution >= 4 is 23.5 Å². The topological polar surface area (TPSA) is 77.1 Å². The summed E-state index contributed by atoms with van der Waals surface area (Å²) in [7, 11) is 1.36. The molecule has 1 N–H and O–H groups in total. The molecule has 1 amide bonds. The van der Waals surface area contributed by atoms with Crippen molar-refractivity contribution in [3.63, 3.8) is 0 Å². The Kier molecular flexibility index (Phi) is 7.76. The van der Waals surface area contributed by atoms with Crippen LogP contribution in [0.5, 0.6) is 5.75 Å². The molecular weight excluding hydrogens is 456 g/mol. The van der Waals surface area contributed by atoms with Gasteiger partial charge in [-0.1, -0.05) is 29.8 Å². The van der Waals surface area contributed by atoms with Crippen LogP contribution in [0.3, 0.4) is 0 Å². The van der Waals surface area contributed by atoms with Gasteiger partial charge in [0.2, 0.25) is 5.91 Å². The van der Waals surface area contributed by atoms with E-state index in [9.17, 15) is 9.59 Å². The third kappa shape index (κ3) is 5.37. The summed E-state index contributed by atoms with van der Waals surface area (Å²) in [5.74, 6) is 0.366. The van der Waals surface area contributed by atoms with Gasteiger partial charge in [0.15, 0.2) is 0 Å². The predicted octanol–water partition coefficient (Wildman–Crippen LogP) is 4.01. The molecule has 2 fully saturated rings. The van der Waals surface area contributed by atoms with Gasteiger partial charge < -0.3 is 19.5 Å². The molecule has 2 heterocycles. The first-order valence-corrected chi connectivity index (χ1v) is 12.0. The highest BCUT2D eigenvalue weighted by Crippen LogP contribution is 2.34. The summed E-state index contributed by atoms with van der Waals surface area (Å²) in [6, 6.07) is 14.3. The van der Waals surface area contributed by atoms with Gasteiger partial charge in [-0.15, -0.1) is 0 Å². The van der Waals surface area contributed by atoms with Crippen molar-refractivity contribution in [3.05, 3.63) is 64.7 Å². The van der Waals surface area contributed by atoms with E-state index in [2.05, 4.69) is 10.2 Å². The molecule has 2 aliphatic heterocycles. The summed E-state index contributed by atoms with van der Waals surface area (Å²) in [6.07, 6.45) is 2.11. The minimum atomic E-state index is -0.634. The van der Waals surface area contributed by atoms with E-state index in [0.29, 0.717) is 43.2 Å². The molecular formula is C26H31ClN2O5. The minimum Gasteiger partial charge on any atom is -0.489 e. The third-order valence-electron chi connectivity index (χ3n) is 6.77. The van der Waals surface area contributed by atoms with Crippen molar-refractivity contribution in [2.24, 2.45) is 0 Å². The fourth-order valence-electron chi connectivity index (χ4n) is 4.78. The number of nitrogens with one attached hydrogen (secondary N) is 1. The molecule has 0 spiro atoms. The van der Waals surface area contributed by atoms with Crippen molar-refractivity contribution in [1.29, 1.82) is 0 Å². The Hall–Kier alpha value is -2.61. The number of carbonyl (C=O) groups is 2. The number of methoxy groups -OCH3 is 1. The number of hydrogen-bond donors (Lipinski definition) is 1. The van der Waals surface area contributed by atoms with Crippen molar-refractivity contribution in [1.82, 2.24) is 10.2 Å². The van der Waals surface area contributed by atoms with Crippen LogP contribution in [0.15, 0.2) is 48.5 Å². The Labute approximate surface area is 205 Å². The number of halogens is 1. The molecule has 182 valence electrons. The molecule has 2 aromatic rings. The van der Waals surface area contributed by atoms with Crippen molar-refractivity contribution in [2.75, 3.05) is 33.4 Å². The Morgan fingerprint density at radius 2 is 1.91 bits per heavy atom. The molecule has 2 atom stereocenters. The smallest absolute Gasteiger partial charge is 0.337 e. The Bertz CT molecular complexity index is 1010. The number of amides is 1. The van der Waals surface area contributed by atoms with E-state index in [1.807, 2.05) is 43.3 Å². The summed E-state index contributed by atoms with van der Waals surface area (Å²) in [5, 5.41) is 3.85. The number of esters is 1. The molecule has 34 heavy (non-hydrogen) atoms. The molecule has 0 aromatic heterocycles. The first kappa shape index (κ1) is 24.5. The van der Waals surface area contributed by atoms with Crippen LogP contribution in [-0.4, -0.2) is 61.8 Å². The van der Waals surface area contributed by atoms with Crippen LogP contribution in [0.1, 0.15) is 48.1 Å². The number of ether oxygens (including phenoxy) is 3. The largest absolute Gasteiger partial charge is 0.489 e. The van der Waals surface area contributed by atoms with Crippen LogP contribution in [0.25, 0.3) is 0 Å². The number of rotatable bonds is 7. The molecule has 7 nitrogen and oxygen atoms in total. The lowest BCUT2D eigenvalue weighted by Gasteiger charge is -2.43. The van der Waals surface area contributed by atoms with Crippen molar-refractivity contribution < 1.29 is 23.8 Å². The van der Waals surface area contributed by atoms with Crippen LogP contribution in [-0.2, 0) is 14.3 Å². The zero-order valence-corrected chi connectivity index (χ0v) is 20.3. The fourth-order valence-corrected chi connectivity index (χ4v) is 4.96. The van der Waals surface area contributed by atoms with Gasteiger partial charge in [0, 0.05) is 31.3 Å². The lowest BCUT2D eigenvalue weighted by atomic mass is 9.86. The monoisotopic (exact) mass is 486 g/mol. The minimum absolute atomic E-state index is 0.00347. The van der Waals surface area contributed by atoms with Gasteiger partial charge in [-0.05, 0) is 62.1 Å². The van der Waals surface area contributed by atoms with Crippen LogP contribution in [0, 0.1) is 0 Å². The number of likely N-dealkylation sites (tertiary alicyclic amines) is 1. The second-order valence-corrected chi connectivity index (χ2v) is 9.32. The van der Waals surface area contributed by atoms with Crippen molar-refractivity contribution in [3.8, 4) is 5.75 Å². The first-order valence-electron chi connectivity index (χ1n) is 11.7. The van der Waals surface area contributed by atoms with Gasteiger partial charge in [0.25, 0.3) is 0 Å². The third-order valence-corrected chi connectivity index (χ3v) is 7.01. The zero-order chi connectivity index (χ0) is 24.1. The van der Waals surface area contributed by atoms with E-state index < -0.39 is 5.54 Å². The molecule has 4 rings (SSSR count). The van der Waals surface area contributed by atoms with Crippen LogP contribution >= 0.6 is 11.6 Å². The summed E-state index contributed by atoms with van der Waals surface area (Å²) < 4.78 is 16.5. The highest BCUT2D eigenvalue weighted by Gasteiger charge is 2.48. The summed E-state index contributed by atoms with van der Waals surface area (Å²) >= 11 is 6.09. The second kappa shape index (κ2) is 10.8. The average molecular weight is 487 g/mol. The van der Waals surface area contributed by atoms with Gasteiger partial charge in [-0.25, -0.2) is 4.79 Å². The average Bonchev–Trinajstić information content (AvgIpc) is 3.33. The highest BCUT2D eigenvalue weighted by molar-refractivity contribution is 6.30. The maximum absolute atomic E-state index is 13.7. The van der Waals surface area contributed by atoms with E-state index >= 15 is 0 Å². The highest BCUT2D eigenvalue weighted by atomic mass is 35.5. The van der Waals surface area contributed by atoms with E-state index in [0.717, 1.165) is 24.3 Å². The molecule has 2 aliphatic rings. The lowest BCUT2D eigenvalue weighted by molar-refractivity contribution is -0.140. The van der Waals surface area contributed by atoms with E-state index in [4.69, 9.17) is 25.8 Å². The number of carbonyl (C=O) groups excluding carboxylic acids is 2. The molecule has 0 radical (unpaired) electrons. The fraction of sp³-hybridized carbons (Fsp3) is 0.462. The maximum Gasteiger partial charge on any atom is 0.337 e. The molecule has 2 saturated heterocycles. The Morgan fingerprint density at radius 1 is 1.18 bits per heavy atom. The second-order valence-electron chi connectivity index (χ2n) is 8.88. The molecule has 8 heteroatoms. The molecule has 2 aromatic carbocycles. The SMILES string of the molecule is COC(=O)c1ccc([C@H](C)NC(=O)C2(N3CC[C@@H](Oc4cccc(Cl)c4)C3)CCOCC2)cc1. The Morgan fingerprint density at radius 3 is 2.59 bits per heavy atom. The van der Waals surface area contributed by atoms with Gasteiger partial charge in [0.05, 0.1) is 18.7 Å². The summed E-state index contributed by atoms with van der Waals surface area (Å²) in [4.78, 5) is 27.6. The number of hydrogen-bond acceptors (Lipinski definition) is 6. The van der Waals surface area contributed by atoms with Crippen LogP contribution in [0.4, 0.5) is 0 Å². The summed E-state index contributed by atoms with van der Waals surface area (Å²) in [6.45, 7) is 4.49. The van der Waals surface area contributed by atoms with E-state index in [1.54, 1.807) is 12.1 Å². The molecule has 0 saturated carbocycles. The van der Waals surface area contributed by atoms with Gasteiger partial charge >= 0.3 is 5.97 Å². The van der Waals surface area contributed by atoms with Gasteiger partial charge in [0.1, 0.15) is 17.4 Å². The molecule has 0 aliphatic carbocycles. The number of benzene rings is 2. The lowest BCUT2D eigenvalue weighted by Crippen LogP contribution is -2.61. The van der Waals surface area contributed by atoms with Gasteiger partial charge in [-0.3, -0.25) is 9.69 Å². The van der Waals surface area contributed by atoms with E-state index in [-0.39, 0.29) is 24.0 Å². The maximum atomic E-state index is 13.7. The van der Waals surface area contributed by atoms with Crippen molar-refractivity contribution in [2.45, 2.75) is 43.9 Å². The van der Waals surface area contributed by atoms with Crippen LogP contribution < -0.4 is 10.1 Å². The summed E-state index contributed by atoms with van der Waals surface area (Å²) in [5.41, 5.74) is 0.769. The molecule has 0 unspecified atom stereocenters. The number of nitrogens with zero attached hydrogens (tertiary/aromatic N) is 1. The molecule has 0 bridgehead atoms. The Balaban J connectivity index is 1.44.